The van der Waals surface area contributed by atoms with Crippen LogP contribution in [-0.2, 0) is 14.3 Å². The zero-order valence-electron chi connectivity index (χ0n) is 17.1. The molecule has 1 fully saturated rings. The van der Waals surface area contributed by atoms with Crippen LogP contribution < -0.4 is 0 Å². The van der Waals surface area contributed by atoms with Gasteiger partial charge in [0.1, 0.15) is 6.61 Å². The standard InChI is InChI=1S/C22H36O4/c1-15(13-20(24)25)9-11-21(4)16(2)10-12-22(5)18(14-26-17(3)23)7-6-8-19(21)22/h7,15-16,19H,6,8-14H2,1-5H3,(H,24,25)/t15-,16+,19-,21-,22-/m0/s1. The van der Waals surface area contributed by atoms with Gasteiger partial charge in [0.05, 0.1) is 0 Å². The van der Waals surface area contributed by atoms with E-state index >= 15 is 0 Å². The van der Waals surface area contributed by atoms with E-state index in [0.29, 0.717) is 18.4 Å². The Labute approximate surface area is 158 Å². The second-order valence-corrected chi connectivity index (χ2v) is 9.24. The quantitative estimate of drug-likeness (QED) is 0.497. The molecule has 0 heterocycles. The lowest BCUT2D eigenvalue weighted by molar-refractivity contribution is -0.141. The van der Waals surface area contributed by atoms with E-state index in [-0.39, 0.29) is 29.1 Å². The Kier molecular flexibility index (Phi) is 6.57. The maximum atomic E-state index is 11.3. The Hall–Kier alpha value is -1.32. The molecule has 0 aromatic carbocycles. The van der Waals surface area contributed by atoms with Gasteiger partial charge in [0.15, 0.2) is 0 Å². The number of esters is 1. The van der Waals surface area contributed by atoms with Crippen LogP contribution in [0.1, 0.15) is 79.6 Å². The molecule has 148 valence electrons. The second kappa shape index (κ2) is 8.14. The van der Waals surface area contributed by atoms with Gasteiger partial charge in [-0.3, -0.25) is 9.59 Å². The minimum absolute atomic E-state index is 0.0883. The van der Waals surface area contributed by atoms with Gasteiger partial charge in [-0.05, 0) is 72.7 Å². The summed E-state index contributed by atoms with van der Waals surface area (Å²) in [5.74, 6) is 0.487. The van der Waals surface area contributed by atoms with Crippen LogP contribution in [0, 0.1) is 28.6 Å². The molecule has 0 aliphatic heterocycles. The third kappa shape index (κ3) is 4.32. The van der Waals surface area contributed by atoms with Crippen molar-refractivity contribution in [3.8, 4) is 0 Å². The molecule has 2 rings (SSSR count). The Morgan fingerprint density at radius 1 is 1.35 bits per heavy atom. The van der Waals surface area contributed by atoms with Crippen molar-refractivity contribution in [2.45, 2.75) is 79.6 Å². The molecule has 0 saturated heterocycles. The predicted molar refractivity (Wildman–Crippen MR) is 103 cm³/mol. The van der Waals surface area contributed by atoms with Crippen molar-refractivity contribution in [3.05, 3.63) is 11.6 Å². The van der Waals surface area contributed by atoms with Crippen molar-refractivity contribution < 1.29 is 19.4 Å². The van der Waals surface area contributed by atoms with Crippen LogP contribution in [0.15, 0.2) is 11.6 Å². The summed E-state index contributed by atoms with van der Waals surface area (Å²) in [6.45, 7) is 11.1. The molecule has 1 N–H and O–H groups in total. The number of hydrogen-bond donors (Lipinski definition) is 1. The predicted octanol–water partition coefficient (Wildman–Crippen LogP) is 5.22. The van der Waals surface area contributed by atoms with Crippen LogP contribution in [0.25, 0.3) is 0 Å². The molecule has 0 aromatic rings. The zero-order chi connectivity index (χ0) is 19.5. The number of fused-ring (bicyclic) bond motifs is 1. The first-order valence-electron chi connectivity index (χ1n) is 10.1. The SMILES string of the molecule is CC(=O)OCC1=CCC[C@H]2[C@@](C)(CC[C@H](C)CC(=O)O)[C@H](C)CC[C@@]12C. The first-order valence-corrected chi connectivity index (χ1v) is 10.1. The van der Waals surface area contributed by atoms with Crippen molar-refractivity contribution in [1.82, 2.24) is 0 Å². The molecule has 0 bridgehead atoms. The van der Waals surface area contributed by atoms with Gasteiger partial charge in [-0.25, -0.2) is 0 Å². The van der Waals surface area contributed by atoms with Crippen molar-refractivity contribution in [1.29, 1.82) is 0 Å². The third-order valence-corrected chi connectivity index (χ3v) is 7.50. The number of carbonyl (C=O) groups is 2. The molecule has 0 unspecified atom stereocenters. The molecule has 0 radical (unpaired) electrons. The lowest BCUT2D eigenvalue weighted by Gasteiger charge is -2.58. The molecular weight excluding hydrogens is 328 g/mol. The summed E-state index contributed by atoms with van der Waals surface area (Å²) in [6, 6.07) is 0. The van der Waals surface area contributed by atoms with E-state index in [1.807, 2.05) is 0 Å². The van der Waals surface area contributed by atoms with Gasteiger partial charge in [-0.1, -0.05) is 33.8 Å². The zero-order valence-corrected chi connectivity index (χ0v) is 17.1. The summed E-state index contributed by atoms with van der Waals surface area (Å²) < 4.78 is 5.36. The fourth-order valence-electron chi connectivity index (χ4n) is 5.56. The van der Waals surface area contributed by atoms with Gasteiger partial charge in [0.25, 0.3) is 0 Å². The van der Waals surface area contributed by atoms with Gasteiger partial charge in [-0.2, -0.15) is 0 Å². The first-order chi connectivity index (χ1) is 12.1. The number of hydrogen-bond acceptors (Lipinski definition) is 3. The Morgan fingerprint density at radius 3 is 2.65 bits per heavy atom. The van der Waals surface area contributed by atoms with Crippen LogP contribution in [0.4, 0.5) is 0 Å². The molecular formula is C22H36O4. The highest BCUT2D eigenvalue weighted by molar-refractivity contribution is 5.67. The third-order valence-electron chi connectivity index (χ3n) is 7.50. The van der Waals surface area contributed by atoms with E-state index < -0.39 is 5.97 Å². The number of carboxylic acid groups (broad SMARTS) is 1. The van der Waals surface area contributed by atoms with Crippen LogP contribution in [-0.4, -0.2) is 23.7 Å². The van der Waals surface area contributed by atoms with Crippen molar-refractivity contribution in [2.24, 2.45) is 28.6 Å². The maximum absolute atomic E-state index is 11.3. The van der Waals surface area contributed by atoms with Crippen molar-refractivity contribution in [3.63, 3.8) is 0 Å². The Bertz CT molecular complexity index is 566. The van der Waals surface area contributed by atoms with Crippen LogP contribution in [0.5, 0.6) is 0 Å². The van der Waals surface area contributed by atoms with Gasteiger partial charge in [-0.15, -0.1) is 0 Å². The number of allylic oxidation sites excluding steroid dienone is 1. The number of aliphatic carboxylic acids is 1. The lowest BCUT2D eigenvalue weighted by Crippen LogP contribution is -2.50. The lowest BCUT2D eigenvalue weighted by atomic mass is 9.46. The molecule has 0 aromatic heterocycles. The summed E-state index contributed by atoms with van der Waals surface area (Å²) >= 11 is 0. The smallest absolute Gasteiger partial charge is 0.303 e. The largest absolute Gasteiger partial charge is 0.481 e. The molecule has 1 saturated carbocycles. The molecule has 0 amide bonds. The van der Waals surface area contributed by atoms with Crippen LogP contribution >= 0.6 is 0 Å². The summed E-state index contributed by atoms with van der Waals surface area (Å²) in [4.78, 5) is 22.3. The Balaban J connectivity index is 2.18. The second-order valence-electron chi connectivity index (χ2n) is 9.24. The van der Waals surface area contributed by atoms with E-state index in [1.54, 1.807) is 0 Å². The van der Waals surface area contributed by atoms with Crippen molar-refractivity contribution in [2.75, 3.05) is 6.61 Å². The van der Waals surface area contributed by atoms with E-state index in [9.17, 15) is 9.59 Å². The minimum atomic E-state index is -0.701. The number of rotatable bonds is 7. The monoisotopic (exact) mass is 364 g/mol. The first kappa shape index (κ1) is 21.0. The highest BCUT2D eigenvalue weighted by atomic mass is 16.5. The fourth-order valence-corrected chi connectivity index (χ4v) is 5.56. The van der Waals surface area contributed by atoms with Gasteiger partial charge in [0, 0.05) is 13.3 Å². The molecule has 4 nitrogen and oxygen atoms in total. The van der Waals surface area contributed by atoms with Crippen LogP contribution in [0.3, 0.4) is 0 Å². The summed E-state index contributed by atoms with van der Waals surface area (Å²) in [6.07, 6.45) is 9.12. The fraction of sp³-hybridized carbons (Fsp3) is 0.818. The average molecular weight is 365 g/mol. The normalized spacial score (nSPS) is 35.2. The molecule has 4 heteroatoms. The molecule has 26 heavy (non-hydrogen) atoms. The van der Waals surface area contributed by atoms with Gasteiger partial charge in [0.2, 0.25) is 0 Å². The van der Waals surface area contributed by atoms with E-state index in [2.05, 4.69) is 33.8 Å². The number of carboxylic acids is 1. The van der Waals surface area contributed by atoms with Crippen LogP contribution in [0.2, 0.25) is 0 Å². The number of carbonyl (C=O) groups excluding carboxylic acids is 1. The topological polar surface area (TPSA) is 63.6 Å². The van der Waals surface area contributed by atoms with E-state index in [4.69, 9.17) is 9.84 Å². The summed E-state index contributed by atoms with van der Waals surface area (Å²) in [5, 5.41) is 9.06. The Morgan fingerprint density at radius 2 is 2.04 bits per heavy atom. The minimum Gasteiger partial charge on any atom is -0.481 e. The average Bonchev–Trinajstić information content (AvgIpc) is 2.55. The van der Waals surface area contributed by atoms with E-state index in [1.165, 1.54) is 25.3 Å². The van der Waals surface area contributed by atoms with E-state index in [0.717, 1.165) is 25.7 Å². The number of ether oxygens (including phenoxy) is 1. The highest BCUT2D eigenvalue weighted by Gasteiger charge is 2.53. The highest BCUT2D eigenvalue weighted by Crippen LogP contribution is 2.62. The van der Waals surface area contributed by atoms with Crippen molar-refractivity contribution >= 4 is 11.9 Å². The molecule has 2 aliphatic rings. The summed E-state index contributed by atoms with van der Waals surface area (Å²) in [7, 11) is 0. The molecule has 5 atom stereocenters. The maximum Gasteiger partial charge on any atom is 0.303 e. The molecule has 0 spiro atoms. The molecule has 2 aliphatic carbocycles. The van der Waals surface area contributed by atoms with Gasteiger partial charge >= 0.3 is 11.9 Å². The van der Waals surface area contributed by atoms with Gasteiger partial charge < -0.3 is 9.84 Å². The summed E-state index contributed by atoms with van der Waals surface area (Å²) in [5.41, 5.74) is 1.58.